The van der Waals surface area contributed by atoms with E-state index < -0.39 is 10.0 Å². The fourth-order valence-electron chi connectivity index (χ4n) is 4.18. The number of benzene rings is 2. The zero-order valence-electron chi connectivity index (χ0n) is 18.8. The Hall–Kier alpha value is -2.65. The summed E-state index contributed by atoms with van der Waals surface area (Å²) in [5.41, 5.74) is 0.939. The van der Waals surface area contributed by atoms with Crippen molar-refractivity contribution in [2.45, 2.75) is 24.7 Å². The molecule has 7 nitrogen and oxygen atoms in total. The number of ether oxygens (including phenoxy) is 1. The van der Waals surface area contributed by atoms with Gasteiger partial charge in [-0.3, -0.25) is 4.79 Å². The number of anilines is 1. The van der Waals surface area contributed by atoms with Crippen molar-refractivity contribution in [1.82, 2.24) is 9.21 Å². The van der Waals surface area contributed by atoms with Gasteiger partial charge in [-0.2, -0.15) is 4.31 Å². The third kappa shape index (κ3) is 5.65. The van der Waals surface area contributed by atoms with E-state index in [1.165, 1.54) is 28.6 Å². The molecular weight excluding hydrogens is 445 g/mol. The van der Waals surface area contributed by atoms with Gasteiger partial charge in [0.05, 0.1) is 4.90 Å². The van der Waals surface area contributed by atoms with Crippen LogP contribution >= 0.6 is 0 Å². The Morgan fingerprint density at radius 3 is 2.15 bits per heavy atom. The number of nitrogens with zero attached hydrogens (tertiary/aromatic N) is 3. The Morgan fingerprint density at radius 1 is 0.939 bits per heavy atom. The minimum Gasteiger partial charge on any atom is -0.484 e. The van der Waals surface area contributed by atoms with Crippen LogP contribution in [0.25, 0.3) is 0 Å². The summed E-state index contributed by atoms with van der Waals surface area (Å²) in [6.45, 7) is 5.58. The third-order valence-electron chi connectivity index (χ3n) is 6.39. The molecule has 0 atom stereocenters. The normalized spacial score (nSPS) is 18.4. The van der Waals surface area contributed by atoms with Gasteiger partial charge in [-0.25, -0.2) is 12.8 Å². The van der Waals surface area contributed by atoms with Crippen molar-refractivity contribution in [3.8, 4) is 5.75 Å². The maximum absolute atomic E-state index is 13.1. The lowest BCUT2D eigenvalue weighted by molar-refractivity contribution is -0.133. The van der Waals surface area contributed by atoms with Crippen LogP contribution in [-0.2, 0) is 14.8 Å². The molecule has 0 radical (unpaired) electrons. The van der Waals surface area contributed by atoms with Crippen molar-refractivity contribution >= 4 is 21.6 Å². The van der Waals surface area contributed by atoms with E-state index in [4.69, 9.17) is 4.74 Å². The molecule has 2 heterocycles. The van der Waals surface area contributed by atoms with Crippen LogP contribution in [0.15, 0.2) is 53.4 Å². The van der Waals surface area contributed by atoms with Gasteiger partial charge in [0.1, 0.15) is 11.6 Å². The molecule has 4 rings (SSSR count). The summed E-state index contributed by atoms with van der Waals surface area (Å²) in [4.78, 5) is 16.7. The number of carbonyl (C=O) groups is 1. The Bertz CT molecular complexity index is 1040. The summed E-state index contributed by atoms with van der Waals surface area (Å²) < 4.78 is 45.9. The molecule has 33 heavy (non-hydrogen) atoms. The van der Waals surface area contributed by atoms with Gasteiger partial charge in [-0.15, -0.1) is 0 Å². The molecule has 2 aromatic carbocycles. The van der Waals surface area contributed by atoms with Crippen molar-refractivity contribution < 1.29 is 22.3 Å². The van der Waals surface area contributed by atoms with Crippen LogP contribution in [0.5, 0.6) is 5.75 Å². The lowest BCUT2D eigenvalue weighted by Crippen LogP contribution is -2.50. The van der Waals surface area contributed by atoms with Gasteiger partial charge in [0.25, 0.3) is 5.91 Å². The molecule has 0 spiro atoms. The van der Waals surface area contributed by atoms with E-state index in [9.17, 15) is 17.6 Å². The first kappa shape index (κ1) is 23.5. The second-order valence-corrected chi connectivity index (χ2v) is 10.6. The van der Waals surface area contributed by atoms with Crippen LogP contribution in [0.1, 0.15) is 19.8 Å². The summed E-state index contributed by atoms with van der Waals surface area (Å²) in [5, 5.41) is 0. The molecule has 0 aromatic heterocycles. The number of amides is 1. The first-order chi connectivity index (χ1) is 15.8. The minimum absolute atomic E-state index is 0.105. The number of hydrogen-bond acceptors (Lipinski definition) is 5. The molecule has 0 N–H and O–H groups in total. The molecule has 178 valence electrons. The van der Waals surface area contributed by atoms with Gasteiger partial charge in [0.15, 0.2) is 6.61 Å². The number of carbonyl (C=O) groups excluding carboxylic acids is 1. The van der Waals surface area contributed by atoms with E-state index >= 15 is 0 Å². The van der Waals surface area contributed by atoms with Crippen LogP contribution in [0, 0.1) is 11.7 Å². The van der Waals surface area contributed by atoms with Gasteiger partial charge >= 0.3 is 0 Å². The SMILES string of the molecule is CC1CCN(S(=O)(=O)c2ccc(OCC(=O)N3CCN(c4ccc(F)cc4)CC3)cc2)CC1. The Kier molecular flexibility index (Phi) is 7.19. The summed E-state index contributed by atoms with van der Waals surface area (Å²) in [7, 11) is -3.50. The first-order valence-corrected chi connectivity index (χ1v) is 12.8. The predicted octanol–water partition coefficient (Wildman–Crippen LogP) is 2.97. The van der Waals surface area contributed by atoms with E-state index in [0.717, 1.165) is 18.5 Å². The number of piperidine rings is 1. The Balaban J connectivity index is 1.26. The lowest BCUT2D eigenvalue weighted by atomic mass is 10.0. The molecule has 0 unspecified atom stereocenters. The van der Waals surface area contributed by atoms with Crippen molar-refractivity contribution in [2.75, 3.05) is 50.8 Å². The smallest absolute Gasteiger partial charge is 0.260 e. The van der Waals surface area contributed by atoms with Gasteiger partial charge in [0, 0.05) is 45.0 Å². The van der Waals surface area contributed by atoms with Crippen LogP contribution < -0.4 is 9.64 Å². The fraction of sp³-hybridized carbons (Fsp3) is 0.458. The highest BCUT2D eigenvalue weighted by molar-refractivity contribution is 7.89. The van der Waals surface area contributed by atoms with Crippen LogP contribution in [-0.4, -0.2) is 69.4 Å². The number of halogens is 1. The molecule has 2 aliphatic heterocycles. The van der Waals surface area contributed by atoms with Crippen LogP contribution in [0.4, 0.5) is 10.1 Å². The highest BCUT2D eigenvalue weighted by atomic mass is 32.2. The topological polar surface area (TPSA) is 70.2 Å². The molecule has 2 saturated heterocycles. The van der Waals surface area contributed by atoms with Gasteiger partial charge in [-0.1, -0.05) is 6.92 Å². The van der Waals surface area contributed by atoms with Crippen LogP contribution in [0.2, 0.25) is 0 Å². The molecule has 0 saturated carbocycles. The number of rotatable bonds is 6. The van der Waals surface area contributed by atoms with Crippen molar-refractivity contribution in [3.05, 3.63) is 54.3 Å². The molecular formula is C24H30FN3O4S. The molecule has 9 heteroatoms. The summed E-state index contributed by atoms with van der Waals surface area (Å²) >= 11 is 0. The average molecular weight is 476 g/mol. The van der Waals surface area contributed by atoms with Gasteiger partial charge < -0.3 is 14.5 Å². The maximum Gasteiger partial charge on any atom is 0.260 e. The van der Waals surface area contributed by atoms with E-state index in [0.29, 0.717) is 50.9 Å². The Morgan fingerprint density at radius 2 is 1.55 bits per heavy atom. The number of sulfonamides is 1. The number of hydrogen-bond donors (Lipinski definition) is 0. The third-order valence-corrected chi connectivity index (χ3v) is 8.30. The predicted molar refractivity (Wildman–Crippen MR) is 124 cm³/mol. The molecule has 0 aliphatic carbocycles. The summed E-state index contributed by atoms with van der Waals surface area (Å²) in [5.74, 6) is 0.625. The van der Waals surface area contributed by atoms with Gasteiger partial charge in [-0.05, 0) is 67.3 Å². The van der Waals surface area contributed by atoms with Crippen molar-refractivity contribution in [1.29, 1.82) is 0 Å². The quantitative estimate of drug-likeness (QED) is 0.643. The standard InChI is InChI=1S/C24H30FN3O4S/c1-19-10-12-28(13-11-19)33(30,31)23-8-6-22(7-9-23)32-18-24(29)27-16-14-26(15-17-27)21-4-2-20(25)3-5-21/h2-9,19H,10-18H2,1H3. The second kappa shape index (κ2) is 10.1. The largest absolute Gasteiger partial charge is 0.484 e. The molecule has 2 aliphatic rings. The van der Waals surface area contributed by atoms with E-state index in [1.807, 2.05) is 0 Å². The maximum atomic E-state index is 13.1. The molecule has 0 bridgehead atoms. The average Bonchev–Trinajstić information content (AvgIpc) is 2.84. The van der Waals surface area contributed by atoms with Crippen molar-refractivity contribution in [3.63, 3.8) is 0 Å². The zero-order chi connectivity index (χ0) is 23.4. The second-order valence-electron chi connectivity index (χ2n) is 8.69. The number of piperazine rings is 1. The lowest BCUT2D eigenvalue weighted by Gasteiger charge is -2.36. The molecule has 1 amide bonds. The van der Waals surface area contributed by atoms with E-state index in [-0.39, 0.29) is 23.2 Å². The molecule has 2 fully saturated rings. The van der Waals surface area contributed by atoms with Crippen LogP contribution in [0.3, 0.4) is 0 Å². The monoisotopic (exact) mass is 475 g/mol. The Labute approximate surface area is 194 Å². The summed E-state index contributed by atoms with van der Waals surface area (Å²) in [6, 6.07) is 12.6. The highest BCUT2D eigenvalue weighted by Gasteiger charge is 2.28. The zero-order valence-corrected chi connectivity index (χ0v) is 19.6. The van der Waals surface area contributed by atoms with Gasteiger partial charge in [0.2, 0.25) is 10.0 Å². The van der Waals surface area contributed by atoms with E-state index in [1.54, 1.807) is 29.2 Å². The minimum atomic E-state index is -3.50. The fourth-order valence-corrected chi connectivity index (χ4v) is 5.65. The van der Waals surface area contributed by atoms with Crippen molar-refractivity contribution in [2.24, 2.45) is 5.92 Å². The van der Waals surface area contributed by atoms with E-state index in [2.05, 4.69) is 11.8 Å². The summed E-state index contributed by atoms with van der Waals surface area (Å²) in [6.07, 6.45) is 1.75. The molecule has 2 aromatic rings. The highest BCUT2D eigenvalue weighted by Crippen LogP contribution is 2.25. The first-order valence-electron chi connectivity index (χ1n) is 11.3.